The molecule has 158 valence electrons. The Kier molecular flexibility index (Phi) is 6.99. The average molecular weight is 438 g/mol. The van der Waals surface area contributed by atoms with E-state index >= 15 is 0 Å². The Morgan fingerprint density at radius 3 is 2.52 bits per heavy atom. The maximum Gasteiger partial charge on any atom is 0.257 e. The molecule has 0 radical (unpaired) electrons. The molecular formula is C19H27N5O3S2. The first-order valence-electron chi connectivity index (χ1n) is 9.78. The molecule has 0 unspecified atom stereocenters. The summed E-state index contributed by atoms with van der Waals surface area (Å²) in [7, 11) is -1.66. The summed E-state index contributed by atoms with van der Waals surface area (Å²) in [5.74, 6) is -0.0668. The van der Waals surface area contributed by atoms with Gasteiger partial charge in [0, 0.05) is 37.7 Å². The van der Waals surface area contributed by atoms with Crippen molar-refractivity contribution in [2.24, 2.45) is 0 Å². The van der Waals surface area contributed by atoms with Crippen LogP contribution in [0.25, 0.3) is 0 Å². The molecule has 1 aromatic carbocycles. The van der Waals surface area contributed by atoms with Crippen molar-refractivity contribution < 1.29 is 13.2 Å². The normalized spacial score (nSPS) is 16.3. The van der Waals surface area contributed by atoms with Crippen molar-refractivity contribution in [1.29, 1.82) is 0 Å². The number of carbonyl (C=O) groups is 1. The standard InChI is InChI=1S/C19H27N5O3S2/c1-4-14(5-2)18-21-22-19(28-18)20-17(25)15-7-6-8-16(13-15)29(26,27)24-11-9-23(3)10-12-24/h6-8,13-14H,4-5,9-12H2,1-3H3,(H,20,22,25). The van der Waals surface area contributed by atoms with Gasteiger partial charge in [0.1, 0.15) is 5.01 Å². The van der Waals surface area contributed by atoms with Gasteiger partial charge in [0.05, 0.1) is 4.90 Å². The maximum absolute atomic E-state index is 12.9. The van der Waals surface area contributed by atoms with E-state index in [1.807, 2.05) is 7.05 Å². The first-order valence-corrected chi connectivity index (χ1v) is 12.0. The molecule has 1 aliphatic heterocycles. The fourth-order valence-corrected chi connectivity index (χ4v) is 5.71. The Morgan fingerprint density at radius 1 is 1.17 bits per heavy atom. The van der Waals surface area contributed by atoms with Crippen LogP contribution < -0.4 is 5.32 Å². The molecule has 0 bridgehead atoms. The Labute approximate surface area is 176 Å². The molecule has 0 atom stereocenters. The van der Waals surface area contributed by atoms with Crippen LogP contribution in [-0.2, 0) is 10.0 Å². The van der Waals surface area contributed by atoms with E-state index < -0.39 is 15.9 Å². The van der Waals surface area contributed by atoms with Crippen LogP contribution in [-0.4, -0.2) is 67.0 Å². The van der Waals surface area contributed by atoms with Crippen LogP contribution in [0.5, 0.6) is 0 Å². The molecule has 29 heavy (non-hydrogen) atoms. The summed E-state index contributed by atoms with van der Waals surface area (Å²) >= 11 is 1.36. The fraction of sp³-hybridized carbons (Fsp3) is 0.526. The van der Waals surface area contributed by atoms with Gasteiger partial charge in [0.25, 0.3) is 5.91 Å². The van der Waals surface area contributed by atoms with E-state index in [1.54, 1.807) is 12.1 Å². The van der Waals surface area contributed by atoms with E-state index in [-0.39, 0.29) is 10.5 Å². The van der Waals surface area contributed by atoms with Crippen LogP contribution in [0.2, 0.25) is 0 Å². The van der Waals surface area contributed by atoms with E-state index in [1.165, 1.54) is 27.8 Å². The van der Waals surface area contributed by atoms with Gasteiger partial charge >= 0.3 is 0 Å². The highest BCUT2D eigenvalue weighted by molar-refractivity contribution is 7.89. The van der Waals surface area contributed by atoms with Crippen molar-refractivity contribution in [3.63, 3.8) is 0 Å². The molecular weight excluding hydrogens is 410 g/mol. The zero-order valence-electron chi connectivity index (χ0n) is 17.0. The number of anilines is 1. The lowest BCUT2D eigenvalue weighted by atomic mass is 10.1. The first kappa shape index (κ1) is 21.8. The monoisotopic (exact) mass is 437 g/mol. The Hall–Kier alpha value is -1.88. The predicted octanol–water partition coefficient (Wildman–Crippen LogP) is 2.63. The molecule has 0 saturated carbocycles. The van der Waals surface area contributed by atoms with E-state index in [2.05, 4.69) is 34.3 Å². The molecule has 1 aromatic heterocycles. The van der Waals surface area contributed by atoms with Crippen LogP contribution in [0.4, 0.5) is 5.13 Å². The summed E-state index contributed by atoms with van der Waals surface area (Å²) in [6.45, 7) is 6.46. The summed E-state index contributed by atoms with van der Waals surface area (Å²) in [5.41, 5.74) is 0.277. The molecule has 1 amide bonds. The van der Waals surface area contributed by atoms with Crippen LogP contribution in [0.15, 0.2) is 29.2 Å². The number of likely N-dealkylation sites (N-methyl/N-ethyl adjacent to an activating group) is 1. The third-order valence-electron chi connectivity index (χ3n) is 5.19. The van der Waals surface area contributed by atoms with Gasteiger partial charge in [-0.25, -0.2) is 8.42 Å². The lowest BCUT2D eigenvalue weighted by molar-refractivity contribution is 0.102. The fourth-order valence-electron chi connectivity index (χ4n) is 3.23. The number of nitrogens with one attached hydrogen (secondary N) is 1. The van der Waals surface area contributed by atoms with E-state index in [0.29, 0.717) is 37.2 Å². The molecule has 0 aliphatic carbocycles. The molecule has 1 fully saturated rings. The Bertz CT molecular complexity index is 948. The van der Waals surface area contributed by atoms with Gasteiger partial charge in [-0.3, -0.25) is 10.1 Å². The van der Waals surface area contributed by atoms with Gasteiger partial charge in [-0.15, -0.1) is 10.2 Å². The van der Waals surface area contributed by atoms with Gasteiger partial charge in [-0.1, -0.05) is 31.3 Å². The number of hydrogen-bond donors (Lipinski definition) is 1. The third-order valence-corrected chi connectivity index (χ3v) is 8.09. The highest BCUT2D eigenvalue weighted by Gasteiger charge is 2.28. The van der Waals surface area contributed by atoms with Gasteiger partial charge in [-0.05, 0) is 38.1 Å². The average Bonchev–Trinajstić information content (AvgIpc) is 3.17. The van der Waals surface area contributed by atoms with Crippen molar-refractivity contribution in [3.8, 4) is 0 Å². The second-order valence-corrected chi connectivity index (χ2v) is 10.1. The number of sulfonamides is 1. The van der Waals surface area contributed by atoms with E-state index in [9.17, 15) is 13.2 Å². The number of benzene rings is 1. The largest absolute Gasteiger partial charge is 0.304 e. The summed E-state index contributed by atoms with van der Waals surface area (Å²) in [6, 6.07) is 6.14. The molecule has 3 rings (SSSR count). The Balaban J connectivity index is 1.74. The van der Waals surface area contributed by atoms with Crippen molar-refractivity contribution in [2.45, 2.75) is 37.5 Å². The van der Waals surface area contributed by atoms with Gasteiger partial charge in [-0.2, -0.15) is 4.31 Å². The molecule has 10 heteroatoms. The highest BCUT2D eigenvalue weighted by Crippen LogP contribution is 2.28. The summed E-state index contributed by atoms with van der Waals surface area (Å²) < 4.78 is 27.3. The topological polar surface area (TPSA) is 95.5 Å². The number of amides is 1. The second-order valence-electron chi connectivity index (χ2n) is 7.15. The van der Waals surface area contributed by atoms with Crippen molar-refractivity contribution in [2.75, 3.05) is 38.5 Å². The number of rotatable bonds is 7. The molecule has 8 nitrogen and oxygen atoms in total. The van der Waals surface area contributed by atoms with Crippen molar-refractivity contribution >= 4 is 32.4 Å². The molecule has 2 aromatic rings. The lowest BCUT2D eigenvalue weighted by Crippen LogP contribution is -2.47. The van der Waals surface area contributed by atoms with Gasteiger partial charge in [0.15, 0.2) is 0 Å². The molecule has 1 aliphatic rings. The molecule has 1 saturated heterocycles. The molecule has 2 heterocycles. The van der Waals surface area contributed by atoms with Crippen LogP contribution in [0.1, 0.15) is 48.0 Å². The number of piperazine rings is 1. The Morgan fingerprint density at radius 2 is 1.86 bits per heavy atom. The zero-order valence-corrected chi connectivity index (χ0v) is 18.6. The van der Waals surface area contributed by atoms with E-state index in [0.717, 1.165) is 17.8 Å². The smallest absolute Gasteiger partial charge is 0.257 e. The maximum atomic E-state index is 12.9. The summed E-state index contributed by atoms with van der Waals surface area (Å²) in [5, 5.41) is 12.3. The zero-order chi connectivity index (χ0) is 21.0. The van der Waals surface area contributed by atoms with Crippen molar-refractivity contribution in [3.05, 3.63) is 34.8 Å². The third kappa shape index (κ3) is 5.00. The summed E-state index contributed by atoms with van der Waals surface area (Å²) in [6.07, 6.45) is 1.93. The quantitative estimate of drug-likeness (QED) is 0.715. The van der Waals surface area contributed by atoms with Crippen LogP contribution in [0.3, 0.4) is 0 Å². The van der Waals surface area contributed by atoms with Crippen LogP contribution >= 0.6 is 11.3 Å². The van der Waals surface area contributed by atoms with Gasteiger partial charge < -0.3 is 4.90 Å². The number of hydrogen-bond acceptors (Lipinski definition) is 7. The minimum atomic E-state index is -3.63. The minimum Gasteiger partial charge on any atom is -0.304 e. The minimum absolute atomic E-state index is 0.129. The second kappa shape index (κ2) is 9.29. The highest BCUT2D eigenvalue weighted by atomic mass is 32.2. The molecule has 0 spiro atoms. The summed E-state index contributed by atoms with van der Waals surface area (Å²) in [4.78, 5) is 14.9. The number of nitrogens with zero attached hydrogens (tertiary/aromatic N) is 4. The first-order chi connectivity index (χ1) is 13.8. The van der Waals surface area contributed by atoms with Crippen molar-refractivity contribution in [1.82, 2.24) is 19.4 Å². The van der Waals surface area contributed by atoms with E-state index in [4.69, 9.17) is 0 Å². The van der Waals surface area contributed by atoms with Gasteiger partial charge in [0.2, 0.25) is 15.2 Å². The SMILES string of the molecule is CCC(CC)c1nnc(NC(=O)c2cccc(S(=O)(=O)N3CCN(C)CC3)c2)s1. The predicted molar refractivity (Wildman–Crippen MR) is 114 cm³/mol. The lowest BCUT2D eigenvalue weighted by Gasteiger charge is -2.31. The number of aromatic nitrogens is 2. The molecule has 1 N–H and O–H groups in total. The van der Waals surface area contributed by atoms with Crippen LogP contribution in [0, 0.1) is 0 Å². The number of carbonyl (C=O) groups excluding carboxylic acids is 1.